The molecule has 0 aromatic heterocycles. The van der Waals surface area contributed by atoms with Crippen molar-refractivity contribution in [2.24, 2.45) is 11.8 Å². The van der Waals surface area contributed by atoms with Gasteiger partial charge < -0.3 is 10.2 Å². The van der Waals surface area contributed by atoms with E-state index in [-0.39, 0.29) is 12.2 Å². The lowest BCUT2D eigenvalue weighted by molar-refractivity contribution is -0.0109. The third-order valence-corrected chi connectivity index (χ3v) is 2.69. The zero-order valence-electron chi connectivity index (χ0n) is 7.33. The molecule has 3 unspecified atom stereocenters. The van der Waals surface area contributed by atoms with Crippen LogP contribution in [0.1, 0.15) is 33.1 Å². The van der Waals surface area contributed by atoms with E-state index in [2.05, 4.69) is 13.8 Å². The van der Waals surface area contributed by atoms with Crippen molar-refractivity contribution >= 4 is 0 Å². The molecule has 2 N–H and O–H groups in total. The number of aliphatic hydroxyl groups excluding tert-OH is 2. The van der Waals surface area contributed by atoms with Crippen molar-refractivity contribution in [3.8, 4) is 0 Å². The van der Waals surface area contributed by atoms with Gasteiger partial charge in [-0.1, -0.05) is 13.8 Å². The summed E-state index contributed by atoms with van der Waals surface area (Å²) in [5, 5.41) is 18.9. The molecule has 2 nitrogen and oxygen atoms in total. The minimum Gasteiger partial charge on any atom is -0.393 e. The van der Waals surface area contributed by atoms with Crippen LogP contribution in [0, 0.1) is 11.8 Å². The van der Waals surface area contributed by atoms with Crippen LogP contribution in [0.3, 0.4) is 0 Å². The lowest BCUT2D eigenvalue weighted by atomic mass is 9.78. The van der Waals surface area contributed by atoms with Gasteiger partial charge in [-0.3, -0.25) is 0 Å². The van der Waals surface area contributed by atoms with Crippen molar-refractivity contribution in [1.29, 1.82) is 0 Å². The molecule has 0 saturated heterocycles. The molecule has 0 amide bonds. The average molecular weight is 158 g/mol. The molecule has 0 bridgehead atoms. The first-order valence-electron chi connectivity index (χ1n) is 4.47. The molecule has 11 heavy (non-hydrogen) atoms. The molecule has 0 radical (unpaired) electrons. The molecule has 3 atom stereocenters. The first kappa shape index (κ1) is 9.01. The van der Waals surface area contributed by atoms with Crippen molar-refractivity contribution in [2.75, 3.05) is 0 Å². The van der Waals surface area contributed by atoms with Crippen LogP contribution in [-0.4, -0.2) is 22.4 Å². The van der Waals surface area contributed by atoms with E-state index in [4.69, 9.17) is 0 Å². The van der Waals surface area contributed by atoms with E-state index in [1.165, 1.54) is 0 Å². The van der Waals surface area contributed by atoms with Crippen LogP contribution in [0.25, 0.3) is 0 Å². The van der Waals surface area contributed by atoms with Gasteiger partial charge in [-0.25, -0.2) is 0 Å². The third kappa shape index (κ3) is 2.17. The first-order valence-corrected chi connectivity index (χ1v) is 4.47. The second kappa shape index (κ2) is 3.55. The molecular formula is C9H18O2. The largest absolute Gasteiger partial charge is 0.393 e. The van der Waals surface area contributed by atoms with Crippen LogP contribution in [0.2, 0.25) is 0 Å². The molecule has 0 aromatic carbocycles. The Labute approximate surface area is 68.2 Å². The Morgan fingerprint density at radius 3 is 2.27 bits per heavy atom. The number of hydrogen-bond donors (Lipinski definition) is 2. The predicted molar refractivity (Wildman–Crippen MR) is 44.2 cm³/mol. The van der Waals surface area contributed by atoms with Crippen LogP contribution in [0.5, 0.6) is 0 Å². The van der Waals surface area contributed by atoms with E-state index in [1.54, 1.807) is 0 Å². The minimum absolute atomic E-state index is 0.175. The fourth-order valence-electron chi connectivity index (χ4n) is 1.88. The smallest absolute Gasteiger partial charge is 0.0572 e. The summed E-state index contributed by atoms with van der Waals surface area (Å²) < 4.78 is 0. The third-order valence-electron chi connectivity index (χ3n) is 2.69. The summed E-state index contributed by atoms with van der Waals surface area (Å²) in [6.45, 7) is 4.21. The molecule has 66 valence electrons. The van der Waals surface area contributed by atoms with Crippen LogP contribution in [0.4, 0.5) is 0 Å². The predicted octanol–water partition coefficient (Wildman–Crippen LogP) is 1.16. The Balaban J connectivity index is 2.47. The summed E-state index contributed by atoms with van der Waals surface area (Å²) >= 11 is 0. The van der Waals surface area contributed by atoms with Gasteiger partial charge in [0.05, 0.1) is 12.2 Å². The second-order valence-electron chi connectivity index (χ2n) is 3.94. The highest BCUT2D eigenvalue weighted by Gasteiger charge is 2.29. The highest BCUT2D eigenvalue weighted by molar-refractivity contribution is 4.80. The Bertz CT molecular complexity index is 123. The van der Waals surface area contributed by atoms with Gasteiger partial charge in [-0.05, 0) is 31.1 Å². The van der Waals surface area contributed by atoms with Crippen LogP contribution < -0.4 is 0 Å². The van der Waals surface area contributed by atoms with E-state index < -0.39 is 0 Å². The summed E-state index contributed by atoms with van der Waals surface area (Å²) in [5.41, 5.74) is 0. The van der Waals surface area contributed by atoms with Crippen LogP contribution >= 0.6 is 0 Å². The van der Waals surface area contributed by atoms with Crippen LogP contribution in [-0.2, 0) is 0 Å². The Hall–Kier alpha value is -0.0800. The van der Waals surface area contributed by atoms with Gasteiger partial charge in [0, 0.05) is 0 Å². The summed E-state index contributed by atoms with van der Waals surface area (Å²) in [6.07, 6.45) is 1.96. The number of aliphatic hydroxyl groups is 2. The maximum atomic E-state index is 9.55. The molecule has 0 aromatic rings. The molecule has 1 rings (SSSR count). The number of rotatable bonds is 1. The van der Waals surface area contributed by atoms with E-state index in [1.807, 2.05) is 0 Å². The van der Waals surface area contributed by atoms with Crippen molar-refractivity contribution in [1.82, 2.24) is 0 Å². The normalized spacial score (nSPS) is 39.5. The van der Waals surface area contributed by atoms with Gasteiger partial charge in [0.1, 0.15) is 0 Å². The van der Waals surface area contributed by atoms with Gasteiger partial charge in [-0.2, -0.15) is 0 Å². The van der Waals surface area contributed by atoms with Gasteiger partial charge in [0.25, 0.3) is 0 Å². The standard InChI is InChI=1S/C9H18O2/c1-6(2)8-5-7(10)3-4-9(8)11/h6-11H,3-5H2,1-2H3. The van der Waals surface area contributed by atoms with Crippen LogP contribution in [0.15, 0.2) is 0 Å². The molecule has 0 aliphatic heterocycles. The molecule has 1 fully saturated rings. The zero-order chi connectivity index (χ0) is 8.43. The van der Waals surface area contributed by atoms with E-state index >= 15 is 0 Å². The molecule has 2 heteroatoms. The van der Waals surface area contributed by atoms with Crippen molar-refractivity contribution in [2.45, 2.75) is 45.3 Å². The molecule has 1 saturated carbocycles. The zero-order valence-corrected chi connectivity index (χ0v) is 7.33. The Morgan fingerprint density at radius 1 is 1.18 bits per heavy atom. The fraction of sp³-hybridized carbons (Fsp3) is 1.00. The molecular weight excluding hydrogens is 140 g/mol. The lowest BCUT2D eigenvalue weighted by Gasteiger charge is -2.33. The van der Waals surface area contributed by atoms with Crippen molar-refractivity contribution in [3.63, 3.8) is 0 Å². The van der Waals surface area contributed by atoms with E-state index in [9.17, 15) is 10.2 Å². The van der Waals surface area contributed by atoms with E-state index in [0.717, 1.165) is 19.3 Å². The molecule has 1 aliphatic carbocycles. The molecule has 0 heterocycles. The monoisotopic (exact) mass is 158 g/mol. The van der Waals surface area contributed by atoms with Gasteiger partial charge in [-0.15, -0.1) is 0 Å². The average Bonchev–Trinajstić information content (AvgIpc) is 1.94. The first-order chi connectivity index (χ1) is 5.11. The maximum Gasteiger partial charge on any atom is 0.0572 e. The Morgan fingerprint density at radius 2 is 1.82 bits per heavy atom. The van der Waals surface area contributed by atoms with Gasteiger partial charge >= 0.3 is 0 Å². The fourth-order valence-corrected chi connectivity index (χ4v) is 1.88. The summed E-state index contributed by atoms with van der Waals surface area (Å²) in [7, 11) is 0. The van der Waals surface area contributed by atoms with Gasteiger partial charge in [0.2, 0.25) is 0 Å². The second-order valence-corrected chi connectivity index (χ2v) is 3.94. The topological polar surface area (TPSA) is 40.5 Å². The summed E-state index contributed by atoms with van der Waals surface area (Å²) in [6, 6.07) is 0. The molecule has 1 aliphatic rings. The number of hydrogen-bond acceptors (Lipinski definition) is 2. The van der Waals surface area contributed by atoms with Crippen molar-refractivity contribution in [3.05, 3.63) is 0 Å². The van der Waals surface area contributed by atoms with E-state index in [0.29, 0.717) is 11.8 Å². The quantitative estimate of drug-likeness (QED) is 0.601. The maximum absolute atomic E-state index is 9.55. The Kier molecular flexibility index (Phi) is 2.90. The minimum atomic E-state index is -0.182. The highest BCUT2D eigenvalue weighted by Crippen LogP contribution is 2.30. The summed E-state index contributed by atoms with van der Waals surface area (Å²) in [4.78, 5) is 0. The summed E-state index contributed by atoms with van der Waals surface area (Å²) in [5.74, 6) is 0.790. The lowest BCUT2D eigenvalue weighted by Crippen LogP contribution is -2.34. The van der Waals surface area contributed by atoms with Gasteiger partial charge in [0.15, 0.2) is 0 Å². The molecule has 0 spiro atoms. The highest BCUT2D eigenvalue weighted by atomic mass is 16.3. The SMILES string of the molecule is CC(C)C1CC(O)CCC1O. The van der Waals surface area contributed by atoms with Crippen molar-refractivity contribution < 1.29 is 10.2 Å².